The first-order valence-electron chi connectivity index (χ1n) is 6.81. The Kier molecular flexibility index (Phi) is 7.41. The highest BCUT2D eigenvalue weighted by atomic mass is 127. The molecule has 0 bridgehead atoms. The van der Waals surface area contributed by atoms with Gasteiger partial charge in [0.25, 0.3) is 0 Å². The highest BCUT2D eigenvalue weighted by Crippen LogP contribution is 2.32. The highest BCUT2D eigenvalue weighted by Gasteiger charge is 2.16. The van der Waals surface area contributed by atoms with Gasteiger partial charge in [-0.05, 0) is 81.4 Å². The van der Waals surface area contributed by atoms with Crippen LogP contribution in [0.5, 0.6) is 5.75 Å². The molecule has 0 saturated heterocycles. The number of nitrogens with two attached hydrogens (primary N) is 1. The van der Waals surface area contributed by atoms with E-state index in [1.54, 1.807) is 18.2 Å². The summed E-state index contributed by atoms with van der Waals surface area (Å²) in [5, 5.41) is 10.0. The third-order valence-electron chi connectivity index (χ3n) is 3.25. The van der Waals surface area contributed by atoms with Crippen molar-refractivity contribution in [3.63, 3.8) is 0 Å². The third-order valence-corrected chi connectivity index (χ3v) is 5.56. The zero-order valence-corrected chi connectivity index (χ0v) is 18.1. The topological polar surface area (TPSA) is 72.5 Å². The van der Waals surface area contributed by atoms with E-state index in [0.29, 0.717) is 15.8 Å². The summed E-state index contributed by atoms with van der Waals surface area (Å²) in [6.45, 7) is 0.249. The molecule has 0 amide bonds. The van der Waals surface area contributed by atoms with E-state index in [4.69, 9.17) is 38.8 Å². The van der Waals surface area contributed by atoms with Crippen molar-refractivity contribution in [2.24, 2.45) is 5.73 Å². The van der Waals surface area contributed by atoms with Gasteiger partial charge < -0.3 is 15.6 Å². The maximum absolute atomic E-state index is 10.9. The molecule has 0 aliphatic carbocycles. The number of hydrogen-bond donors (Lipinski definition) is 2. The molecule has 2 rings (SSSR count). The van der Waals surface area contributed by atoms with Crippen molar-refractivity contribution >= 4 is 74.4 Å². The molecule has 0 aromatic heterocycles. The van der Waals surface area contributed by atoms with Crippen LogP contribution in [-0.4, -0.2) is 17.1 Å². The van der Waals surface area contributed by atoms with E-state index in [1.807, 2.05) is 12.1 Å². The van der Waals surface area contributed by atoms with Crippen LogP contribution >= 0.6 is 68.4 Å². The number of hydrogen-bond acceptors (Lipinski definition) is 3. The van der Waals surface area contributed by atoms with Crippen LogP contribution in [0.1, 0.15) is 11.1 Å². The molecular weight excluding hydrogens is 579 g/mol. The van der Waals surface area contributed by atoms with Gasteiger partial charge in [0, 0.05) is 15.6 Å². The standard InChI is InChI=1S/C16H13Cl2I2NO3/c17-10-2-1-3-11(18)9(10)7-24-15-12(19)4-8(5-13(15)20)6-14(21)16(22)23/h1-5,14H,6-7,21H2,(H,22,23). The van der Waals surface area contributed by atoms with Gasteiger partial charge in [0.05, 0.1) is 7.14 Å². The molecule has 1 atom stereocenters. The van der Waals surface area contributed by atoms with Crippen LogP contribution in [0.25, 0.3) is 0 Å². The van der Waals surface area contributed by atoms with E-state index >= 15 is 0 Å². The van der Waals surface area contributed by atoms with Gasteiger partial charge in [-0.1, -0.05) is 29.3 Å². The van der Waals surface area contributed by atoms with Crippen LogP contribution in [0.3, 0.4) is 0 Å². The highest BCUT2D eigenvalue weighted by molar-refractivity contribution is 14.1. The van der Waals surface area contributed by atoms with Crippen LogP contribution < -0.4 is 10.5 Å². The van der Waals surface area contributed by atoms with Gasteiger partial charge >= 0.3 is 5.97 Å². The van der Waals surface area contributed by atoms with Crippen molar-refractivity contribution < 1.29 is 14.6 Å². The Hall–Kier alpha value is -0.290. The van der Waals surface area contributed by atoms with Crippen LogP contribution in [0.4, 0.5) is 0 Å². The molecule has 0 heterocycles. The SMILES string of the molecule is NC(Cc1cc(I)c(OCc2c(Cl)cccc2Cl)c(I)c1)C(=O)O. The molecule has 0 aliphatic rings. The normalized spacial score (nSPS) is 12.0. The molecule has 8 heteroatoms. The number of carboxylic acid groups (broad SMARTS) is 1. The second-order valence-electron chi connectivity index (χ2n) is 5.03. The number of benzene rings is 2. The average molecular weight is 592 g/mol. The minimum atomic E-state index is -1.02. The van der Waals surface area contributed by atoms with E-state index in [0.717, 1.165) is 18.3 Å². The maximum Gasteiger partial charge on any atom is 0.320 e. The van der Waals surface area contributed by atoms with Gasteiger partial charge in [-0.3, -0.25) is 4.79 Å². The monoisotopic (exact) mass is 591 g/mol. The number of carbonyl (C=O) groups is 1. The van der Waals surface area contributed by atoms with Crippen LogP contribution in [-0.2, 0) is 17.8 Å². The van der Waals surface area contributed by atoms with Crippen molar-refractivity contribution in [1.82, 2.24) is 0 Å². The summed E-state index contributed by atoms with van der Waals surface area (Å²) in [7, 11) is 0. The van der Waals surface area contributed by atoms with E-state index in [-0.39, 0.29) is 13.0 Å². The first-order chi connectivity index (χ1) is 11.3. The molecule has 0 spiro atoms. The predicted molar refractivity (Wildman–Crippen MR) is 112 cm³/mol. The minimum Gasteiger partial charge on any atom is -0.487 e. The molecule has 1 unspecified atom stereocenters. The summed E-state index contributed by atoms with van der Waals surface area (Å²) in [6, 6.07) is 8.12. The second kappa shape index (κ2) is 8.88. The zero-order valence-electron chi connectivity index (χ0n) is 12.2. The van der Waals surface area contributed by atoms with Crippen molar-refractivity contribution in [1.29, 1.82) is 0 Å². The summed E-state index contributed by atoms with van der Waals surface area (Å²) in [6.07, 6.45) is 0.262. The Morgan fingerprint density at radius 2 is 1.75 bits per heavy atom. The van der Waals surface area contributed by atoms with Crippen molar-refractivity contribution in [2.75, 3.05) is 0 Å². The molecule has 3 N–H and O–H groups in total. The third kappa shape index (κ3) is 5.10. The summed E-state index contributed by atoms with van der Waals surface area (Å²) < 4.78 is 7.63. The minimum absolute atomic E-state index is 0.249. The number of carboxylic acids is 1. The largest absolute Gasteiger partial charge is 0.487 e. The van der Waals surface area contributed by atoms with Gasteiger partial charge in [-0.2, -0.15) is 0 Å². The molecule has 2 aromatic rings. The Morgan fingerprint density at radius 3 is 2.25 bits per heavy atom. The predicted octanol–water partition coefficient (Wildman–Crippen LogP) is 4.74. The van der Waals surface area contributed by atoms with E-state index < -0.39 is 12.0 Å². The first-order valence-corrected chi connectivity index (χ1v) is 9.73. The quantitative estimate of drug-likeness (QED) is 0.477. The Bertz CT molecular complexity index is 728. The van der Waals surface area contributed by atoms with Gasteiger partial charge in [-0.25, -0.2) is 0 Å². The average Bonchev–Trinajstić information content (AvgIpc) is 2.48. The van der Waals surface area contributed by atoms with E-state index in [1.165, 1.54) is 0 Å². The van der Waals surface area contributed by atoms with Crippen molar-refractivity contribution in [2.45, 2.75) is 19.1 Å². The fourth-order valence-corrected chi connectivity index (χ4v) is 4.74. The lowest BCUT2D eigenvalue weighted by Gasteiger charge is -2.14. The Labute approximate surface area is 176 Å². The molecule has 0 radical (unpaired) electrons. The Morgan fingerprint density at radius 1 is 1.21 bits per heavy atom. The number of rotatable bonds is 6. The lowest BCUT2D eigenvalue weighted by molar-refractivity contribution is -0.138. The summed E-state index contributed by atoms with van der Waals surface area (Å²) in [4.78, 5) is 10.9. The number of ether oxygens (including phenoxy) is 1. The lowest BCUT2D eigenvalue weighted by Crippen LogP contribution is -2.32. The van der Waals surface area contributed by atoms with Gasteiger partial charge in [-0.15, -0.1) is 0 Å². The fourth-order valence-electron chi connectivity index (χ4n) is 2.02. The summed E-state index contributed by atoms with van der Waals surface area (Å²) in [5.41, 5.74) is 7.16. The van der Waals surface area contributed by atoms with Gasteiger partial charge in [0.1, 0.15) is 18.4 Å². The Balaban J connectivity index is 2.18. The molecule has 0 fully saturated rings. The van der Waals surface area contributed by atoms with Gasteiger partial charge in [0.15, 0.2) is 0 Å². The van der Waals surface area contributed by atoms with Crippen LogP contribution in [0, 0.1) is 7.14 Å². The number of aliphatic carboxylic acids is 1. The summed E-state index contributed by atoms with van der Waals surface area (Å²) in [5.74, 6) is -0.312. The first kappa shape index (κ1) is 20.0. The smallest absolute Gasteiger partial charge is 0.320 e. The molecule has 0 saturated carbocycles. The van der Waals surface area contributed by atoms with E-state index in [9.17, 15) is 4.79 Å². The number of halogens is 4. The molecular formula is C16H13Cl2I2NO3. The maximum atomic E-state index is 10.9. The fraction of sp³-hybridized carbons (Fsp3) is 0.188. The summed E-state index contributed by atoms with van der Waals surface area (Å²) >= 11 is 16.6. The van der Waals surface area contributed by atoms with Gasteiger partial charge in [0.2, 0.25) is 0 Å². The zero-order chi connectivity index (χ0) is 17.9. The van der Waals surface area contributed by atoms with Crippen molar-refractivity contribution in [3.05, 3.63) is 58.6 Å². The van der Waals surface area contributed by atoms with Crippen molar-refractivity contribution in [3.8, 4) is 5.75 Å². The molecule has 2 aromatic carbocycles. The molecule has 0 aliphatic heterocycles. The van der Waals surface area contributed by atoms with Crippen LogP contribution in [0.15, 0.2) is 30.3 Å². The lowest BCUT2D eigenvalue weighted by atomic mass is 10.1. The molecule has 128 valence electrons. The van der Waals surface area contributed by atoms with Crippen LogP contribution in [0.2, 0.25) is 10.0 Å². The molecule has 4 nitrogen and oxygen atoms in total. The van der Waals surface area contributed by atoms with E-state index in [2.05, 4.69) is 45.2 Å². The second-order valence-corrected chi connectivity index (χ2v) is 8.17. The molecule has 24 heavy (non-hydrogen) atoms.